The quantitative estimate of drug-likeness (QED) is 0.569. The molecule has 0 radical (unpaired) electrons. The average molecular weight is 298 g/mol. The molecule has 0 bridgehead atoms. The van der Waals surface area contributed by atoms with Gasteiger partial charge in [-0.2, -0.15) is 11.8 Å². The van der Waals surface area contributed by atoms with Crippen LogP contribution in [-0.4, -0.2) is 49.3 Å². The van der Waals surface area contributed by atoms with Gasteiger partial charge >= 0.3 is 0 Å². The van der Waals surface area contributed by atoms with Gasteiger partial charge < -0.3 is 20.5 Å². The van der Waals surface area contributed by atoms with E-state index >= 15 is 0 Å². The molecule has 112 valence electrons. The molecule has 6 heteroatoms. The summed E-state index contributed by atoms with van der Waals surface area (Å²) >= 11 is 1.77. The summed E-state index contributed by atoms with van der Waals surface area (Å²) < 4.78 is 5.17. The van der Waals surface area contributed by atoms with E-state index in [9.17, 15) is 4.79 Å². The summed E-state index contributed by atoms with van der Waals surface area (Å²) in [6, 6.07) is 7.32. The van der Waals surface area contributed by atoms with Crippen molar-refractivity contribution in [1.82, 2.24) is 5.32 Å². The SMILES string of the molecule is COc1ccccc1NC(=O)CNCCSCCCO. The van der Waals surface area contributed by atoms with Crippen LogP contribution in [0.15, 0.2) is 24.3 Å². The van der Waals surface area contributed by atoms with Gasteiger partial charge in [0.2, 0.25) is 5.91 Å². The number of aliphatic hydroxyl groups excluding tert-OH is 1. The molecule has 20 heavy (non-hydrogen) atoms. The third-order valence-corrected chi connectivity index (χ3v) is 3.61. The van der Waals surface area contributed by atoms with Gasteiger partial charge in [-0.3, -0.25) is 4.79 Å². The van der Waals surface area contributed by atoms with Crippen molar-refractivity contribution >= 4 is 23.4 Å². The van der Waals surface area contributed by atoms with Crippen molar-refractivity contribution < 1.29 is 14.6 Å². The van der Waals surface area contributed by atoms with Crippen molar-refractivity contribution in [2.45, 2.75) is 6.42 Å². The van der Waals surface area contributed by atoms with Crippen molar-refractivity contribution in [2.24, 2.45) is 0 Å². The molecule has 1 rings (SSSR count). The van der Waals surface area contributed by atoms with Crippen LogP contribution in [0.5, 0.6) is 5.75 Å². The minimum atomic E-state index is -0.0881. The second-order valence-electron chi connectivity index (χ2n) is 4.11. The molecule has 0 heterocycles. The number of anilines is 1. The summed E-state index contributed by atoms with van der Waals surface area (Å²) in [7, 11) is 1.58. The lowest BCUT2D eigenvalue weighted by Gasteiger charge is -2.10. The van der Waals surface area contributed by atoms with Crippen molar-refractivity contribution in [3.8, 4) is 5.75 Å². The Morgan fingerprint density at radius 2 is 2.15 bits per heavy atom. The maximum absolute atomic E-state index is 11.7. The Morgan fingerprint density at radius 3 is 2.90 bits per heavy atom. The van der Waals surface area contributed by atoms with Crippen molar-refractivity contribution in [3.05, 3.63) is 24.3 Å². The summed E-state index contributed by atoms with van der Waals surface area (Å²) in [4.78, 5) is 11.7. The molecule has 0 fully saturated rings. The fourth-order valence-electron chi connectivity index (χ4n) is 1.56. The second-order valence-corrected chi connectivity index (χ2v) is 5.34. The number of nitrogens with one attached hydrogen (secondary N) is 2. The van der Waals surface area contributed by atoms with Gasteiger partial charge in [-0.15, -0.1) is 0 Å². The Morgan fingerprint density at radius 1 is 1.35 bits per heavy atom. The van der Waals surface area contributed by atoms with E-state index in [1.54, 1.807) is 24.9 Å². The lowest BCUT2D eigenvalue weighted by Crippen LogP contribution is -2.29. The predicted molar refractivity (Wildman–Crippen MR) is 83.5 cm³/mol. The first-order valence-electron chi connectivity index (χ1n) is 6.60. The molecule has 0 saturated heterocycles. The number of para-hydroxylation sites is 2. The normalized spacial score (nSPS) is 10.3. The molecule has 1 amide bonds. The number of benzene rings is 1. The summed E-state index contributed by atoms with van der Waals surface area (Å²) in [5, 5.41) is 14.5. The number of carbonyl (C=O) groups excluding carboxylic acids is 1. The predicted octanol–water partition coefficient (Wildman–Crippen LogP) is 1.34. The van der Waals surface area contributed by atoms with Gasteiger partial charge in [0.1, 0.15) is 5.75 Å². The summed E-state index contributed by atoms with van der Waals surface area (Å²) in [5.74, 6) is 2.45. The molecule has 0 aliphatic rings. The lowest BCUT2D eigenvalue weighted by molar-refractivity contribution is -0.115. The van der Waals surface area contributed by atoms with Crippen LogP contribution in [0.1, 0.15) is 6.42 Å². The lowest BCUT2D eigenvalue weighted by atomic mass is 10.3. The monoisotopic (exact) mass is 298 g/mol. The van der Waals surface area contributed by atoms with Crippen LogP contribution in [0.2, 0.25) is 0 Å². The molecular formula is C14H22N2O3S. The van der Waals surface area contributed by atoms with E-state index < -0.39 is 0 Å². The van der Waals surface area contributed by atoms with Crippen LogP contribution in [0.4, 0.5) is 5.69 Å². The standard InChI is InChI=1S/C14H22N2O3S/c1-19-13-6-3-2-5-12(13)16-14(18)11-15-7-10-20-9-4-8-17/h2-3,5-6,15,17H,4,7-11H2,1H3,(H,16,18). The van der Waals surface area contributed by atoms with Crippen molar-refractivity contribution in [3.63, 3.8) is 0 Å². The molecule has 5 nitrogen and oxygen atoms in total. The molecule has 0 saturated carbocycles. The number of ether oxygens (including phenoxy) is 1. The Labute approximate surface area is 124 Å². The van der Waals surface area contributed by atoms with Gasteiger partial charge in [0.15, 0.2) is 0 Å². The molecule has 0 atom stereocenters. The highest BCUT2D eigenvalue weighted by molar-refractivity contribution is 7.99. The van der Waals surface area contributed by atoms with Gasteiger partial charge in [0, 0.05) is 18.9 Å². The minimum Gasteiger partial charge on any atom is -0.495 e. The highest BCUT2D eigenvalue weighted by Crippen LogP contribution is 2.22. The van der Waals surface area contributed by atoms with Crippen LogP contribution in [-0.2, 0) is 4.79 Å². The number of hydrogen-bond donors (Lipinski definition) is 3. The zero-order valence-electron chi connectivity index (χ0n) is 11.7. The molecule has 0 spiro atoms. The van der Waals surface area contributed by atoms with Crippen LogP contribution in [0.25, 0.3) is 0 Å². The van der Waals surface area contributed by atoms with E-state index in [-0.39, 0.29) is 19.1 Å². The van der Waals surface area contributed by atoms with E-state index in [2.05, 4.69) is 10.6 Å². The Balaban J connectivity index is 2.17. The number of amides is 1. The zero-order valence-corrected chi connectivity index (χ0v) is 12.5. The first-order chi connectivity index (χ1) is 9.77. The highest BCUT2D eigenvalue weighted by Gasteiger charge is 2.05. The van der Waals surface area contributed by atoms with E-state index in [4.69, 9.17) is 9.84 Å². The maximum Gasteiger partial charge on any atom is 0.238 e. The fraction of sp³-hybridized carbons (Fsp3) is 0.500. The van der Waals surface area contributed by atoms with Gasteiger partial charge in [-0.1, -0.05) is 12.1 Å². The molecule has 1 aromatic carbocycles. The van der Waals surface area contributed by atoms with Crippen molar-refractivity contribution in [1.29, 1.82) is 0 Å². The minimum absolute atomic E-state index is 0.0881. The van der Waals surface area contributed by atoms with Crippen LogP contribution in [0, 0.1) is 0 Å². The van der Waals surface area contributed by atoms with Crippen LogP contribution in [0.3, 0.4) is 0 Å². The van der Waals surface area contributed by atoms with Gasteiger partial charge in [0.05, 0.1) is 19.3 Å². The maximum atomic E-state index is 11.7. The Kier molecular flexibility index (Phi) is 8.86. The number of hydrogen-bond acceptors (Lipinski definition) is 5. The number of aliphatic hydroxyl groups is 1. The zero-order chi connectivity index (χ0) is 14.6. The number of rotatable bonds is 10. The number of thioether (sulfide) groups is 1. The van der Waals surface area contributed by atoms with Crippen LogP contribution >= 0.6 is 11.8 Å². The average Bonchev–Trinajstić information content (AvgIpc) is 2.47. The van der Waals surface area contributed by atoms with E-state index in [1.807, 2.05) is 18.2 Å². The van der Waals surface area contributed by atoms with E-state index in [0.717, 1.165) is 24.5 Å². The summed E-state index contributed by atoms with van der Waals surface area (Å²) in [6.45, 7) is 1.29. The first-order valence-corrected chi connectivity index (χ1v) is 7.75. The molecule has 0 aliphatic heterocycles. The smallest absolute Gasteiger partial charge is 0.238 e. The van der Waals surface area contributed by atoms with Crippen molar-refractivity contribution in [2.75, 3.05) is 43.6 Å². The molecule has 0 aromatic heterocycles. The fourth-order valence-corrected chi connectivity index (χ4v) is 2.38. The van der Waals surface area contributed by atoms with Gasteiger partial charge in [0.25, 0.3) is 0 Å². The molecule has 0 unspecified atom stereocenters. The molecule has 3 N–H and O–H groups in total. The van der Waals surface area contributed by atoms with Crippen LogP contribution < -0.4 is 15.4 Å². The van der Waals surface area contributed by atoms with Gasteiger partial charge in [-0.25, -0.2) is 0 Å². The number of carbonyl (C=O) groups is 1. The summed E-state index contributed by atoms with van der Waals surface area (Å²) in [5.41, 5.74) is 0.680. The van der Waals surface area contributed by atoms with E-state index in [1.165, 1.54) is 0 Å². The Bertz CT molecular complexity index is 402. The second kappa shape index (κ2) is 10.5. The topological polar surface area (TPSA) is 70.6 Å². The Hall–Kier alpha value is -1.24. The first kappa shape index (κ1) is 16.8. The largest absolute Gasteiger partial charge is 0.495 e. The third kappa shape index (κ3) is 6.79. The molecule has 0 aliphatic carbocycles. The van der Waals surface area contributed by atoms with Gasteiger partial charge in [-0.05, 0) is 24.3 Å². The third-order valence-electron chi connectivity index (χ3n) is 2.54. The number of methoxy groups -OCH3 is 1. The molecular weight excluding hydrogens is 276 g/mol. The molecule has 1 aromatic rings. The van der Waals surface area contributed by atoms with E-state index in [0.29, 0.717) is 11.4 Å². The highest BCUT2D eigenvalue weighted by atomic mass is 32.2. The summed E-state index contributed by atoms with van der Waals surface area (Å²) in [6.07, 6.45) is 0.818.